The molecule has 0 fully saturated rings. The van der Waals surface area contributed by atoms with Gasteiger partial charge in [0.05, 0.1) is 7.11 Å². The molecule has 146 valence electrons. The number of carbonyl (C=O) groups is 1. The molecule has 1 aliphatic rings. The zero-order valence-electron chi connectivity index (χ0n) is 16.1. The van der Waals surface area contributed by atoms with Crippen LogP contribution in [-0.2, 0) is 11.3 Å². The van der Waals surface area contributed by atoms with E-state index in [0.29, 0.717) is 17.9 Å². The summed E-state index contributed by atoms with van der Waals surface area (Å²) in [5.74, 6) is 2.05. The van der Waals surface area contributed by atoms with Gasteiger partial charge in [0.2, 0.25) is 6.79 Å². The molecule has 1 heterocycles. The van der Waals surface area contributed by atoms with Crippen LogP contribution in [0.5, 0.6) is 17.2 Å². The molecule has 0 atom stereocenters. The minimum Gasteiger partial charge on any atom is -0.497 e. The minimum atomic E-state index is -0.148. The highest BCUT2D eigenvalue weighted by Gasteiger charge is 2.15. The number of methoxy groups -OCH3 is 1. The molecule has 0 saturated carbocycles. The molecule has 0 aliphatic carbocycles. The Morgan fingerprint density at radius 1 is 1.00 bits per heavy atom. The van der Waals surface area contributed by atoms with E-state index in [1.165, 1.54) is 0 Å². The second-order valence-corrected chi connectivity index (χ2v) is 6.57. The molecule has 3 aromatic carbocycles. The lowest BCUT2D eigenvalue weighted by Crippen LogP contribution is -2.23. The number of carbonyl (C=O) groups excluding carboxylic acids is 1. The van der Waals surface area contributed by atoms with Crippen LogP contribution in [0.2, 0.25) is 0 Å². The molecule has 0 spiro atoms. The quantitative estimate of drug-likeness (QED) is 0.507. The van der Waals surface area contributed by atoms with Crippen molar-refractivity contribution in [2.75, 3.05) is 13.9 Å². The van der Waals surface area contributed by atoms with Crippen LogP contribution in [0.1, 0.15) is 16.7 Å². The fourth-order valence-corrected chi connectivity index (χ4v) is 3.09. The zero-order chi connectivity index (χ0) is 20.1. The number of ether oxygens (including phenoxy) is 3. The monoisotopic (exact) mass is 387 g/mol. The molecule has 0 unspecified atom stereocenters. The van der Waals surface area contributed by atoms with Gasteiger partial charge in [0.25, 0.3) is 5.91 Å². The Kier molecular flexibility index (Phi) is 5.47. The van der Waals surface area contributed by atoms with Crippen LogP contribution in [0.3, 0.4) is 0 Å². The molecule has 0 aromatic heterocycles. The van der Waals surface area contributed by atoms with Gasteiger partial charge in [-0.2, -0.15) is 0 Å². The van der Waals surface area contributed by atoms with Gasteiger partial charge in [0.1, 0.15) is 5.75 Å². The Bertz CT molecular complexity index is 1030. The number of rotatable bonds is 6. The van der Waals surface area contributed by atoms with Gasteiger partial charge in [-0.15, -0.1) is 0 Å². The van der Waals surface area contributed by atoms with E-state index in [-0.39, 0.29) is 12.7 Å². The second kappa shape index (κ2) is 8.52. The first kappa shape index (κ1) is 18.6. The van der Waals surface area contributed by atoms with Crippen LogP contribution >= 0.6 is 0 Å². The maximum Gasteiger partial charge on any atom is 0.252 e. The van der Waals surface area contributed by atoms with Crippen molar-refractivity contribution < 1.29 is 19.0 Å². The van der Waals surface area contributed by atoms with Crippen molar-refractivity contribution >= 4 is 17.6 Å². The van der Waals surface area contributed by atoms with E-state index in [9.17, 15) is 4.79 Å². The summed E-state index contributed by atoms with van der Waals surface area (Å²) < 4.78 is 15.9. The lowest BCUT2D eigenvalue weighted by atomic mass is 10.0. The average molecular weight is 387 g/mol. The van der Waals surface area contributed by atoms with E-state index in [0.717, 1.165) is 28.2 Å². The van der Waals surface area contributed by atoms with Gasteiger partial charge in [-0.1, -0.05) is 48.5 Å². The molecular weight excluding hydrogens is 366 g/mol. The topological polar surface area (TPSA) is 56.8 Å². The zero-order valence-corrected chi connectivity index (χ0v) is 16.1. The van der Waals surface area contributed by atoms with Crippen molar-refractivity contribution in [1.29, 1.82) is 0 Å². The summed E-state index contributed by atoms with van der Waals surface area (Å²) in [6.45, 7) is 0.621. The Morgan fingerprint density at radius 2 is 1.76 bits per heavy atom. The Balaban J connectivity index is 1.55. The molecule has 1 N–H and O–H groups in total. The van der Waals surface area contributed by atoms with Crippen LogP contribution < -0.4 is 19.5 Å². The normalized spacial score (nSPS) is 12.5. The third kappa shape index (κ3) is 4.41. The molecule has 0 bridgehead atoms. The van der Waals surface area contributed by atoms with E-state index in [1.54, 1.807) is 7.11 Å². The highest BCUT2D eigenvalue weighted by molar-refractivity contribution is 6.24. The van der Waals surface area contributed by atoms with E-state index in [4.69, 9.17) is 14.2 Å². The predicted octanol–water partition coefficient (Wildman–Crippen LogP) is 4.28. The lowest BCUT2D eigenvalue weighted by molar-refractivity contribution is -0.115. The van der Waals surface area contributed by atoms with Crippen molar-refractivity contribution in [2.24, 2.45) is 0 Å². The van der Waals surface area contributed by atoms with E-state index in [2.05, 4.69) is 5.32 Å². The summed E-state index contributed by atoms with van der Waals surface area (Å²) in [5, 5.41) is 3.00. The molecule has 29 heavy (non-hydrogen) atoms. The van der Waals surface area contributed by atoms with Crippen molar-refractivity contribution in [3.05, 3.63) is 89.5 Å². The second-order valence-electron chi connectivity index (χ2n) is 6.57. The van der Waals surface area contributed by atoms with E-state index < -0.39 is 0 Å². The first-order valence-electron chi connectivity index (χ1n) is 9.31. The molecule has 0 radical (unpaired) electrons. The Labute approximate surface area is 169 Å². The maximum absolute atomic E-state index is 13.0. The molecule has 1 amide bonds. The van der Waals surface area contributed by atoms with Gasteiger partial charge >= 0.3 is 0 Å². The summed E-state index contributed by atoms with van der Waals surface area (Å²) >= 11 is 0. The fourth-order valence-electron chi connectivity index (χ4n) is 3.09. The summed E-state index contributed by atoms with van der Waals surface area (Å²) in [6.07, 6.45) is 1.88. The molecule has 0 saturated heterocycles. The number of hydrogen-bond donors (Lipinski definition) is 1. The third-order valence-electron chi connectivity index (χ3n) is 4.65. The third-order valence-corrected chi connectivity index (χ3v) is 4.65. The summed E-state index contributed by atoms with van der Waals surface area (Å²) in [5.41, 5.74) is 3.31. The van der Waals surface area contributed by atoms with Gasteiger partial charge in [-0.3, -0.25) is 4.79 Å². The number of hydrogen-bond acceptors (Lipinski definition) is 4. The standard InChI is InChI=1S/C24H21NO4/c1-27-20-10-7-17(8-11-20)13-21(19-5-3-2-4-6-19)24(26)25-15-18-9-12-22-23(14-18)29-16-28-22/h2-14H,15-16H2,1H3,(H,25,26)/b21-13+. The highest BCUT2D eigenvalue weighted by atomic mass is 16.7. The molecule has 5 heteroatoms. The van der Waals surface area contributed by atoms with E-state index in [1.807, 2.05) is 78.9 Å². The van der Waals surface area contributed by atoms with Crippen LogP contribution in [-0.4, -0.2) is 19.8 Å². The average Bonchev–Trinajstić information content (AvgIpc) is 3.25. The first-order chi connectivity index (χ1) is 14.2. The summed E-state index contributed by atoms with van der Waals surface area (Å²) in [7, 11) is 1.63. The summed E-state index contributed by atoms with van der Waals surface area (Å²) in [6, 6.07) is 22.9. The molecule has 4 rings (SSSR count). The number of nitrogens with one attached hydrogen (secondary N) is 1. The van der Waals surface area contributed by atoms with Crippen LogP contribution in [0.4, 0.5) is 0 Å². The minimum absolute atomic E-state index is 0.148. The van der Waals surface area contributed by atoms with Crippen molar-refractivity contribution in [2.45, 2.75) is 6.54 Å². The van der Waals surface area contributed by atoms with Crippen LogP contribution in [0, 0.1) is 0 Å². The van der Waals surface area contributed by atoms with Gasteiger partial charge < -0.3 is 19.5 Å². The van der Waals surface area contributed by atoms with Crippen LogP contribution in [0.15, 0.2) is 72.8 Å². The Morgan fingerprint density at radius 3 is 2.52 bits per heavy atom. The van der Waals surface area contributed by atoms with Gasteiger partial charge in [0, 0.05) is 12.1 Å². The maximum atomic E-state index is 13.0. The molecular formula is C24H21NO4. The smallest absolute Gasteiger partial charge is 0.252 e. The lowest BCUT2D eigenvalue weighted by Gasteiger charge is -2.11. The predicted molar refractivity (Wildman–Crippen MR) is 112 cm³/mol. The van der Waals surface area contributed by atoms with Gasteiger partial charge in [-0.05, 0) is 47.0 Å². The number of benzene rings is 3. The number of amides is 1. The molecule has 3 aromatic rings. The Hall–Kier alpha value is -3.73. The first-order valence-corrected chi connectivity index (χ1v) is 9.31. The number of fused-ring (bicyclic) bond motifs is 1. The summed E-state index contributed by atoms with van der Waals surface area (Å²) in [4.78, 5) is 13.0. The molecule has 5 nitrogen and oxygen atoms in total. The SMILES string of the molecule is COc1ccc(/C=C(/C(=O)NCc2ccc3c(c2)OCO3)c2ccccc2)cc1. The van der Waals surface area contributed by atoms with Crippen molar-refractivity contribution in [3.8, 4) is 17.2 Å². The van der Waals surface area contributed by atoms with Crippen molar-refractivity contribution in [3.63, 3.8) is 0 Å². The van der Waals surface area contributed by atoms with Crippen LogP contribution in [0.25, 0.3) is 11.6 Å². The fraction of sp³-hybridized carbons (Fsp3) is 0.125. The van der Waals surface area contributed by atoms with E-state index >= 15 is 0 Å². The van der Waals surface area contributed by atoms with Gasteiger partial charge in [0.15, 0.2) is 11.5 Å². The van der Waals surface area contributed by atoms with Crippen molar-refractivity contribution in [1.82, 2.24) is 5.32 Å². The largest absolute Gasteiger partial charge is 0.497 e. The van der Waals surface area contributed by atoms with Gasteiger partial charge in [-0.25, -0.2) is 0 Å². The highest BCUT2D eigenvalue weighted by Crippen LogP contribution is 2.32. The molecule has 1 aliphatic heterocycles.